The van der Waals surface area contributed by atoms with E-state index in [1.54, 1.807) is 25.4 Å². The van der Waals surface area contributed by atoms with Crippen LogP contribution >= 0.6 is 22.9 Å². The van der Waals surface area contributed by atoms with Gasteiger partial charge in [0.1, 0.15) is 22.3 Å². The second-order valence-corrected chi connectivity index (χ2v) is 10.4. The predicted molar refractivity (Wildman–Crippen MR) is 140 cm³/mol. The Morgan fingerprint density at radius 3 is 2.64 bits per heavy atom. The molecule has 0 aliphatic heterocycles. The fourth-order valence-corrected chi connectivity index (χ4v) is 6.44. The van der Waals surface area contributed by atoms with Crippen LogP contribution in [0.1, 0.15) is 47.3 Å². The first-order valence-corrected chi connectivity index (χ1v) is 13.1. The van der Waals surface area contributed by atoms with Crippen LogP contribution in [-0.2, 0) is 6.54 Å². The molecule has 1 aliphatic rings. The highest BCUT2D eigenvalue weighted by Gasteiger charge is 2.31. The largest absolute Gasteiger partial charge is 0.496 e. The van der Waals surface area contributed by atoms with Crippen molar-refractivity contribution in [3.63, 3.8) is 0 Å². The standard InChI is InChI=1S/C28H25ClF2N2O2S/c1-35-23-11-10-17(18-13-20(30)15-32-14-18)12-19(23)16-33(21-6-3-2-4-7-21)28(34)27-26(29)25-22(31)8-5-9-24(25)36-27/h5,8-15,21H,2-4,6-7,16H2,1H3. The first-order chi connectivity index (χ1) is 17.5. The molecular weight excluding hydrogens is 502 g/mol. The number of benzene rings is 2. The number of thiophene rings is 1. The number of rotatable bonds is 6. The number of halogens is 3. The second-order valence-electron chi connectivity index (χ2n) is 9.00. The summed E-state index contributed by atoms with van der Waals surface area (Å²) in [7, 11) is 1.58. The number of amides is 1. The molecule has 1 aliphatic carbocycles. The van der Waals surface area contributed by atoms with E-state index in [9.17, 15) is 13.6 Å². The molecular formula is C28H25ClF2N2O2S. The highest BCUT2D eigenvalue weighted by molar-refractivity contribution is 7.21. The van der Waals surface area contributed by atoms with Gasteiger partial charge in [0, 0.05) is 40.0 Å². The lowest BCUT2D eigenvalue weighted by atomic mass is 9.93. The van der Waals surface area contributed by atoms with Crippen LogP contribution in [0.3, 0.4) is 0 Å². The average Bonchev–Trinajstić information content (AvgIpc) is 3.24. The van der Waals surface area contributed by atoms with Gasteiger partial charge in [-0.2, -0.15) is 0 Å². The first kappa shape index (κ1) is 24.7. The lowest BCUT2D eigenvalue weighted by molar-refractivity contribution is 0.0618. The predicted octanol–water partition coefficient (Wildman–Crippen LogP) is 7.88. The van der Waals surface area contributed by atoms with Gasteiger partial charge in [0.15, 0.2) is 0 Å². The van der Waals surface area contributed by atoms with E-state index < -0.39 is 11.6 Å². The molecule has 0 unspecified atom stereocenters. The smallest absolute Gasteiger partial charge is 0.266 e. The van der Waals surface area contributed by atoms with Crippen LogP contribution in [-0.4, -0.2) is 28.9 Å². The van der Waals surface area contributed by atoms with Crippen molar-refractivity contribution >= 4 is 38.9 Å². The molecule has 2 aromatic carbocycles. The molecule has 1 saturated carbocycles. The summed E-state index contributed by atoms with van der Waals surface area (Å²) < 4.78 is 34.6. The fourth-order valence-electron chi connectivity index (χ4n) is 4.93. The Balaban J connectivity index is 1.55. The van der Waals surface area contributed by atoms with Crippen LogP contribution in [0, 0.1) is 11.6 Å². The zero-order valence-corrected chi connectivity index (χ0v) is 21.3. The topological polar surface area (TPSA) is 42.4 Å². The molecule has 1 amide bonds. The number of nitrogens with zero attached hydrogens (tertiary/aromatic N) is 2. The number of hydrogen-bond acceptors (Lipinski definition) is 4. The van der Waals surface area contributed by atoms with E-state index in [0.717, 1.165) is 49.4 Å². The van der Waals surface area contributed by atoms with E-state index in [0.29, 0.717) is 20.9 Å². The summed E-state index contributed by atoms with van der Waals surface area (Å²) in [5, 5.41) is 0.444. The Kier molecular flexibility index (Phi) is 7.21. The third-order valence-corrected chi connectivity index (χ3v) is 8.37. The zero-order chi connectivity index (χ0) is 25.2. The van der Waals surface area contributed by atoms with Crippen molar-refractivity contribution in [2.75, 3.05) is 7.11 Å². The minimum Gasteiger partial charge on any atom is -0.496 e. The summed E-state index contributed by atoms with van der Waals surface area (Å²) >= 11 is 7.79. The highest BCUT2D eigenvalue weighted by atomic mass is 35.5. The van der Waals surface area contributed by atoms with Crippen molar-refractivity contribution in [1.29, 1.82) is 0 Å². The Hall–Kier alpha value is -3.03. The van der Waals surface area contributed by atoms with E-state index in [-0.39, 0.29) is 28.9 Å². The van der Waals surface area contributed by atoms with E-state index >= 15 is 0 Å². The summed E-state index contributed by atoms with van der Waals surface area (Å²) in [6.45, 7) is 0.288. The molecule has 1 fully saturated rings. The molecule has 0 radical (unpaired) electrons. The highest BCUT2D eigenvalue weighted by Crippen LogP contribution is 2.39. The van der Waals surface area contributed by atoms with E-state index in [1.165, 1.54) is 23.5 Å². The third kappa shape index (κ3) is 4.82. The molecule has 4 aromatic rings. The molecule has 2 aromatic heterocycles. The van der Waals surface area contributed by atoms with Crippen molar-refractivity contribution in [1.82, 2.24) is 9.88 Å². The van der Waals surface area contributed by atoms with Crippen molar-refractivity contribution < 1.29 is 18.3 Å². The molecule has 2 heterocycles. The van der Waals surface area contributed by atoms with Gasteiger partial charge in [-0.3, -0.25) is 9.78 Å². The molecule has 0 saturated heterocycles. The van der Waals surface area contributed by atoms with E-state index in [2.05, 4.69) is 4.98 Å². The molecule has 36 heavy (non-hydrogen) atoms. The Morgan fingerprint density at radius 2 is 1.92 bits per heavy atom. The maximum atomic E-state index is 14.5. The van der Waals surface area contributed by atoms with Crippen molar-refractivity contribution in [3.8, 4) is 16.9 Å². The third-order valence-electron chi connectivity index (χ3n) is 6.74. The average molecular weight is 527 g/mol. The first-order valence-electron chi connectivity index (χ1n) is 11.9. The van der Waals surface area contributed by atoms with Gasteiger partial charge in [0.2, 0.25) is 0 Å². The van der Waals surface area contributed by atoms with Crippen LogP contribution in [0.2, 0.25) is 5.02 Å². The van der Waals surface area contributed by atoms with Gasteiger partial charge in [-0.15, -0.1) is 11.3 Å². The molecule has 8 heteroatoms. The van der Waals surface area contributed by atoms with Gasteiger partial charge < -0.3 is 9.64 Å². The molecule has 0 atom stereocenters. The Labute approximate surface area is 217 Å². The number of methoxy groups -OCH3 is 1. The molecule has 5 rings (SSSR count). The van der Waals surface area contributed by atoms with Crippen molar-refractivity contribution in [2.24, 2.45) is 0 Å². The van der Waals surface area contributed by atoms with Gasteiger partial charge in [-0.25, -0.2) is 8.78 Å². The van der Waals surface area contributed by atoms with Gasteiger partial charge in [0.05, 0.1) is 18.3 Å². The van der Waals surface area contributed by atoms with Crippen molar-refractivity contribution in [2.45, 2.75) is 44.7 Å². The Morgan fingerprint density at radius 1 is 1.11 bits per heavy atom. The summed E-state index contributed by atoms with van der Waals surface area (Å²) in [6.07, 6.45) is 7.75. The number of carbonyl (C=O) groups excluding carboxylic acids is 1. The molecule has 4 nitrogen and oxygen atoms in total. The van der Waals surface area contributed by atoms with Crippen LogP contribution in [0.15, 0.2) is 54.9 Å². The van der Waals surface area contributed by atoms with Gasteiger partial charge in [-0.1, -0.05) is 43.0 Å². The minimum absolute atomic E-state index is 0.0292. The summed E-state index contributed by atoms with van der Waals surface area (Å²) in [5.41, 5.74) is 2.20. The second kappa shape index (κ2) is 10.5. The summed E-state index contributed by atoms with van der Waals surface area (Å²) in [5.74, 6) is -0.441. The fraction of sp³-hybridized carbons (Fsp3) is 0.286. The monoisotopic (exact) mass is 526 g/mol. The van der Waals surface area contributed by atoms with Gasteiger partial charge >= 0.3 is 0 Å². The van der Waals surface area contributed by atoms with E-state index in [1.807, 2.05) is 23.1 Å². The van der Waals surface area contributed by atoms with Crippen molar-refractivity contribution in [3.05, 3.63) is 82.0 Å². The number of carbonyl (C=O) groups is 1. The molecule has 0 bridgehead atoms. The molecule has 186 valence electrons. The lowest BCUT2D eigenvalue weighted by Gasteiger charge is -2.34. The number of hydrogen-bond donors (Lipinski definition) is 0. The quantitative estimate of drug-likeness (QED) is 0.256. The number of ether oxygens (including phenoxy) is 1. The maximum Gasteiger partial charge on any atom is 0.266 e. The SMILES string of the molecule is COc1ccc(-c2cncc(F)c2)cc1CN(C(=O)c1sc2cccc(F)c2c1Cl)C1CCCCC1. The zero-order valence-electron chi connectivity index (χ0n) is 19.8. The lowest BCUT2D eigenvalue weighted by Crippen LogP contribution is -2.40. The van der Waals surface area contributed by atoms with Crippen LogP contribution < -0.4 is 4.74 Å². The van der Waals surface area contributed by atoms with E-state index in [4.69, 9.17) is 16.3 Å². The van der Waals surface area contributed by atoms with Crippen LogP contribution in [0.4, 0.5) is 8.78 Å². The van der Waals surface area contributed by atoms with Crippen LogP contribution in [0.5, 0.6) is 5.75 Å². The van der Waals surface area contributed by atoms with Crippen LogP contribution in [0.25, 0.3) is 21.2 Å². The summed E-state index contributed by atoms with van der Waals surface area (Å²) in [4.78, 5) is 20.1. The molecule has 0 spiro atoms. The maximum absolute atomic E-state index is 14.5. The van der Waals surface area contributed by atoms with Gasteiger partial charge in [0.25, 0.3) is 5.91 Å². The number of pyridine rings is 1. The minimum atomic E-state index is -0.435. The number of fused-ring (bicyclic) bond motifs is 1. The molecule has 0 N–H and O–H groups in total. The van der Waals surface area contributed by atoms with Gasteiger partial charge in [-0.05, 0) is 48.7 Å². The normalized spacial score (nSPS) is 14.2. The summed E-state index contributed by atoms with van der Waals surface area (Å²) in [6, 6.07) is 11.8. The Bertz CT molecular complexity index is 1420. The number of aromatic nitrogens is 1.